The first kappa shape index (κ1) is 19.5. The number of rotatable bonds is 8. The SMILES string of the molecule is CCC(C)C(NC(=O)c1ccco1)c1nc(-c2ccc(OC)c(OC)c2)no1. The Morgan fingerprint density at radius 3 is 2.64 bits per heavy atom. The van der Waals surface area contributed by atoms with Crippen LogP contribution < -0.4 is 14.8 Å². The van der Waals surface area contributed by atoms with E-state index >= 15 is 0 Å². The van der Waals surface area contributed by atoms with Crippen molar-refractivity contribution >= 4 is 5.91 Å². The molecule has 0 spiro atoms. The molecule has 8 heteroatoms. The number of methoxy groups -OCH3 is 2. The molecule has 0 aliphatic rings. The second-order valence-electron chi connectivity index (χ2n) is 6.34. The molecule has 1 amide bonds. The molecule has 0 aliphatic heterocycles. The van der Waals surface area contributed by atoms with Gasteiger partial charge >= 0.3 is 0 Å². The summed E-state index contributed by atoms with van der Waals surface area (Å²) in [5.41, 5.74) is 0.716. The van der Waals surface area contributed by atoms with Crippen LogP contribution in [0.15, 0.2) is 45.5 Å². The lowest BCUT2D eigenvalue weighted by molar-refractivity contribution is 0.0882. The van der Waals surface area contributed by atoms with Crippen LogP contribution in [0.2, 0.25) is 0 Å². The van der Waals surface area contributed by atoms with E-state index < -0.39 is 6.04 Å². The topological polar surface area (TPSA) is 99.6 Å². The molecule has 1 N–H and O–H groups in total. The number of carbonyl (C=O) groups is 1. The Bertz CT molecular complexity index is 920. The van der Waals surface area contributed by atoms with E-state index in [4.69, 9.17) is 18.4 Å². The van der Waals surface area contributed by atoms with Crippen LogP contribution in [0.3, 0.4) is 0 Å². The summed E-state index contributed by atoms with van der Waals surface area (Å²) in [6, 6.07) is 8.18. The van der Waals surface area contributed by atoms with Crippen molar-refractivity contribution in [1.29, 1.82) is 0 Å². The summed E-state index contributed by atoms with van der Waals surface area (Å²) in [6.45, 7) is 4.04. The number of nitrogens with one attached hydrogen (secondary N) is 1. The zero-order chi connectivity index (χ0) is 20.1. The molecule has 2 atom stereocenters. The van der Waals surface area contributed by atoms with Crippen molar-refractivity contribution in [3.05, 3.63) is 48.2 Å². The monoisotopic (exact) mass is 385 g/mol. The first-order chi connectivity index (χ1) is 13.6. The molecule has 0 saturated heterocycles. The lowest BCUT2D eigenvalue weighted by atomic mass is 9.99. The third kappa shape index (κ3) is 4.00. The predicted molar refractivity (Wildman–Crippen MR) is 101 cm³/mol. The molecular formula is C20H23N3O5. The largest absolute Gasteiger partial charge is 0.493 e. The number of amides is 1. The van der Waals surface area contributed by atoms with E-state index in [0.29, 0.717) is 28.8 Å². The molecule has 1 aromatic carbocycles. The standard InChI is InChI=1S/C20H23N3O5/c1-5-12(2)17(21-19(24)15-7-6-10-27-15)20-22-18(23-28-20)13-8-9-14(25-3)16(11-13)26-4/h6-12,17H,5H2,1-4H3,(H,21,24). The first-order valence-electron chi connectivity index (χ1n) is 8.97. The molecule has 2 heterocycles. The molecule has 148 valence electrons. The van der Waals surface area contributed by atoms with E-state index in [9.17, 15) is 4.79 Å². The lowest BCUT2D eigenvalue weighted by Crippen LogP contribution is -2.32. The number of furan rings is 1. The van der Waals surface area contributed by atoms with Crippen LogP contribution in [-0.4, -0.2) is 30.3 Å². The minimum absolute atomic E-state index is 0.0811. The van der Waals surface area contributed by atoms with Crippen LogP contribution in [0.25, 0.3) is 11.4 Å². The molecule has 28 heavy (non-hydrogen) atoms. The average molecular weight is 385 g/mol. The Kier molecular flexibility index (Phi) is 5.98. The summed E-state index contributed by atoms with van der Waals surface area (Å²) in [4.78, 5) is 16.9. The molecule has 2 aromatic heterocycles. The fourth-order valence-corrected chi connectivity index (χ4v) is 2.76. The minimum Gasteiger partial charge on any atom is -0.493 e. The number of nitrogens with zero attached hydrogens (tertiary/aromatic N) is 2. The van der Waals surface area contributed by atoms with Gasteiger partial charge in [0.1, 0.15) is 6.04 Å². The molecule has 2 unspecified atom stereocenters. The van der Waals surface area contributed by atoms with Crippen LogP contribution >= 0.6 is 0 Å². The Hall–Kier alpha value is -3.29. The van der Waals surface area contributed by atoms with Gasteiger partial charge in [-0.2, -0.15) is 4.98 Å². The van der Waals surface area contributed by atoms with E-state index in [0.717, 1.165) is 6.42 Å². The molecule has 3 aromatic rings. The van der Waals surface area contributed by atoms with Crippen molar-refractivity contribution in [1.82, 2.24) is 15.5 Å². The smallest absolute Gasteiger partial charge is 0.287 e. The van der Waals surface area contributed by atoms with E-state index in [2.05, 4.69) is 15.5 Å². The Labute approximate surface area is 162 Å². The first-order valence-corrected chi connectivity index (χ1v) is 8.97. The highest BCUT2D eigenvalue weighted by Gasteiger charge is 2.27. The lowest BCUT2D eigenvalue weighted by Gasteiger charge is -2.20. The van der Waals surface area contributed by atoms with E-state index in [1.807, 2.05) is 19.9 Å². The number of aromatic nitrogens is 2. The normalized spacial score (nSPS) is 13.0. The molecule has 0 radical (unpaired) electrons. The fourth-order valence-electron chi connectivity index (χ4n) is 2.76. The number of ether oxygens (including phenoxy) is 2. The van der Waals surface area contributed by atoms with Crippen molar-refractivity contribution in [2.24, 2.45) is 5.92 Å². The van der Waals surface area contributed by atoms with Gasteiger partial charge in [0.25, 0.3) is 5.91 Å². The van der Waals surface area contributed by atoms with Crippen molar-refractivity contribution in [3.63, 3.8) is 0 Å². The Morgan fingerprint density at radius 1 is 1.21 bits per heavy atom. The molecule has 3 rings (SSSR count). The highest BCUT2D eigenvalue weighted by atomic mass is 16.5. The summed E-state index contributed by atoms with van der Waals surface area (Å²) in [5, 5.41) is 6.99. The van der Waals surface area contributed by atoms with Crippen LogP contribution in [0, 0.1) is 5.92 Å². The van der Waals surface area contributed by atoms with Crippen LogP contribution in [0.1, 0.15) is 42.8 Å². The molecule has 0 saturated carbocycles. The summed E-state index contributed by atoms with van der Waals surface area (Å²) in [5.74, 6) is 1.89. The molecule has 0 bridgehead atoms. The number of benzene rings is 1. The third-order valence-corrected chi connectivity index (χ3v) is 4.59. The zero-order valence-electron chi connectivity index (χ0n) is 16.3. The molecule has 0 fully saturated rings. The van der Waals surface area contributed by atoms with Gasteiger partial charge in [0.05, 0.1) is 20.5 Å². The summed E-state index contributed by atoms with van der Waals surface area (Å²) in [6.07, 6.45) is 2.27. The van der Waals surface area contributed by atoms with Gasteiger partial charge < -0.3 is 23.7 Å². The number of carbonyl (C=O) groups excluding carboxylic acids is 1. The van der Waals surface area contributed by atoms with Gasteiger partial charge in [-0.3, -0.25) is 4.79 Å². The quantitative estimate of drug-likeness (QED) is 0.628. The van der Waals surface area contributed by atoms with Gasteiger partial charge in [0.2, 0.25) is 11.7 Å². The average Bonchev–Trinajstić information content (AvgIpc) is 3.43. The van der Waals surface area contributed by atoms with E-state index in [1.165, 1.54) is 6.26 Å². The van der Waals surface area contributed by atoms with Crippen LogP contribution in [0.4, 0.5) is 0 Å². The highest BCUT2D eigenvalue weighted by Crippen LogP contribution is 2.32. The van der Waals surface area contributed by atoms with Gasteiger partial charge in [0.15, 0.2) is 17.3 Å². The van der Waals surface area contributed by atoms with Crippen LogP contribution in [-0.2, 0) is 0 Å². The number of hydrogen-bond acceptors (Lipinski definition) is 7. The molecular weight excluding hydrogens is 362 g/mol. The van der Waals surface area contributed by atoms with Crippen LogP contribution in [0.5, 0.6) is 11.5 Å². The maximum absolute atomic E-state index is 12.4. The van der Waals surface area contributed by atoms with E-state index in [-0.39, 0.29) is 17.6 Å². The van der Waals surface area contributed by atoms with Gasteiger partial charge in [-0.25, -0.2) is 0 Å². The summed E-state index contributed by atoms with van der Waals surface area (Å²) < 4.78 is 21.2. The Balaban J connectivity index is 1.87. The van der Waals surface area contributed by atoms with Gasteiger partial charge in [-0.1, -0.05) is 25.4 Å². The Morgan fingerprint density at radius 2 is 2.00 bits per heavy atom. The van der Waals surface area contributed by atoms with Crippen molar-refractivity contribution in [3.8, 4) is 22.9 Å². The van der Waals surface area contributed by atoms with Crippen molar-refractivity contribution < 1.29 is 23.2 Å². The summed E-state index contributed by atoms with van der Waals surface area (Å²) >= 11 is 0. The second kappa shape index (κ2) is 8.60. The van der Waals surface area contributed by atoms with Crippen molar-refractivity contribution in [2.45, 2.75) is 26.3 Å². The van der Waals surface area contributed by atoms with Gasteiger partial charge in [0, 0.05) is 5.56 Å². The summed E-state index contributed by atoms with van der Waals surface area (Å²) in [7, 11) is 3.13. The second-order valence-corrected chi connectivity index (χ2v) is 6.34. The van der Waals surface area contributed by atoms with Gasteiger partial charge in [-0.15, -0.1) is 0 Å². The van der Waals surface area contributed by atoms with E-state index in [1.54, 1.807) is 38.5 Å². The number of hydrogen-bond donors (Lipinski definition) is 1. The minimum atomic E-state index is -0.441. The predicted octanol–water partition coefficient (Wildman–Crippen LogP) is 3.86. The van der Waals surface area contributed by atoms with Crippen molar-refractivity contribution in [2.75, 3.05) is 14.2 Å². The molecule has 8 nitrogen and oxygen atoms in total. The highest BCUT2D eigenvalue weighted by molar-refractivity contribution is 5.91. The molecule has 0 aliphatic carbocycles. The maximum atomic E-state index is 12.4. The third-order valence-electron chi connectivity index (χ3n) is 4.59. The fraction of sp³-hybridized carbons (Fsp3) is 0.350. The maximum Gasteiger partial charge on any atom is 0.287 e. The van der Waals surface area contributed by atoms with Gasteiger partial charge in [-0.05, 0) is 36.2 Å². The zero-order valence-corrected chi connectivity index (χ0v) is 16.3.